The topological polar surface area (TPSA) is 42.4 Å². The van der Waals surface area contributed by atoms with Crippen LogP contribution in [0.2, 0.25) is 0 Å². The van der Waals surface area contributed by atoms with Crippen LogP contribution in [-0.2, 0) is 4.79 Å². The Balaban J connectivity index is 1.61. The first kappa shape index (κ1) is 15.8. The number of carbonyl (C=O) groups excluding carboxylic acids is 1. The Hall–Kier alpha value is -2.10. The lowest BCUT2D eigenvalue weighted by molar-refractivity contribution is -0.132. The molecule has 0 radical (unpaired) electrons. The number of para-hydroxylation sites is 1. The zero-order valence-electron chi connectivity index (χ0n) is 14.1. The van der Waals surface area contributed by atoms with Gasteiger partial charge in [0.25, 0.3) is 0 Å². The number of aromatic nitrogens is 1. The van der Waals surface area contributed by atoms with Crippen LogP contribution in [0.25, 0.3) is 10.9 Å². The Morgan fingerprint density at radius 2 is 2.04 bits per heavy atom. The number of fused-ring (bicyclic) bond motifs is 1. The van der Waals surface area contributed by atoms with Gasteiger partial charge in [0.15, 0.2) is 0 Å². The van der Waals surface area contributed by atoms with Gasteiger partial charge in [0.2, 0.25) is 11.8 Å². The first-order valence-corrected chi connectivity index (χ1v) is 8.21. The van der Waals surface area contributed by atoms with E-state index in [4.69, 9.17) is 4.74 Å². The summed E-state index contributed by atoms with van der Waals surface area (Å²) in [6.07, 6.45) is 1.48. The summed E-state index contributed by atoms with van der Waals surface area (Å²) in [6, 6.07) is 11.9. The van der Waals surface area contributed by atoms with Crippen LogP contribution in [0.1, 0.15) is 33.6 Å². The molecule has 1 saturated heterocycles. The number of hydrogen-bond donors (Lipinski definition) is 0. The molecule has 1 aromatic heterocycles. The van der Waals surface area contributed by atoms with Crippen molar-refractivity contribution in [1.29, 1.82) is 0 Å². The third-order valence-corrected chi connectivity index (χ3v) is 4.04. The van der Waals surface area contributed by atoms with Gasteiger partial charge in [0, 0.05) is 30.8 Å². The predicted octanol–water partition coefficient (Wildman–Crippen LogP) is 3.65. The number of nitrogens with zero attached hydrogens (tertiary/aromatic N) is 2. The van der Waals surface area contributed by atoms with Crippen molar-refractivity contribution in [1.82, 2.24) is 9.88 Å². The smallest absolute Gasteiger partial charge is 0.223 e. The van der Waals surface area contributed by atoms with Crippen molar-refractivity contribution in [2.24, 2.45) is 5.41 Å². The molecular formula is C19H24N2O2. The lowest BCUT2D eigenvalue weighted by Crippen LogP contribution is -2.33. The van der Waals surface area contributed by atoms with E-state index >= 15 is 0 Å². The predicted molar refractivity (Wildman–Crippen MR) is 91.4 cm³/mol. The molecule has 0 bridgehead atoms. The zero-order chi connectivity index (χ0) is 16.4. The summed E-state index contributed by atoms with van der Waals surface area (Å²) in [7, 11) is 0. The minimum absolute atomic E-state index is 0.0237. The summed E-state index contributed by atoms with van der Waals surface area (Å²) in [4.78, 5) is 18.7. The van der Waals surface area contributed by atoms with E-state index in [2.05, 4.69) is 25.8 Å². The van der Waals surface area contributed by atoms with E-state index in [1.807, 2.05) is 41.3 Å². The summed E-state index contributed by atoms with van der Waals surface area (Å²) < 4.78 is 5.99. The van der Waals surface area contributed by atoms with Crippen molar-refractivity contribution >= 4 is 16.8 Å². The van der Waals surface area contributed by atoms with Crippen LogP contribution in [0.3, 0.4) is 0 Å². The lowest BCUT2D eigenvalue weighted by atomic mass is 9.92. The second kappa shape index (κ2) is 6.19. The van der Waals surface area contributed by atoms with Gasteiger partial charge in [-0.05, 0) is 17.5 Å². The van der Waals surface area contributed by atoms with Crippen molar-refractivity contribution in [3.05, 3.63) is 36.4 Å². The minimum Gasteiger partial charge on any atom is -0.472 e. The summed E-state index contributed by atoms with van der Waals surface area (Å²) in [6.45, 7) is 7.70. The number of amides is 1. The molecule has 1 amide bonds. The molecule has 0 aliphatic carbocycles. The molecule has 1 atom stereocenters. The monoisotopic (exact) mass is 312 g/mol. The van der Waals surface area contributed by atoms with Crippen LogP contribution in [0.4, 0.5) is 0 Å². The Morgan fingerprint density at radius 1 is 1.26 bits per heavy atom. The standard InChI is InChI=1S/C19H24N2O2/c1-19(2,3)12-18(22)21-11-10-15(13-21)23-17-9-8-14-6-4-5-7-16(14)20-17/h4-9,15H,10-13H2,1-3H3. The molecule has 1 fully saturated rings. The summed E-state index contributed by atoms with van der Waals surface area (Å²) in [5, 5.41) is 1.10. The maximum Gasteiger partial charge on any atom is 0.223 e. The molecule has 1 unspecified atom stereocenters. The Kier molecular flexibility index (Phi) is 4.24. The van der Waals surface area contributed by atoms with E-state index in [0.29, 0.717) is 18.8 Å². The molecule has 0 spiro atoms. The summed E-state index contributed by atoms with van der Waals surface area (Å²) >= 11 is 0. The highest BCUT2D eigenvalue weighted by Crippen LogP contribution is 2.24. The van der Waals surface area contributed by atoms with Crippen molar-refractivity contribution < 1.29 is 9.53 Å². The van der Waals surface area contributed by atoms with Gasteiger partial charge in [-0.3, -0.25) is 4.79 Å². The largest absolute Gasteiger partial charge is 0.472 e. The number of hydrogen-bond acceptors (Lipinski definition) is 3. The van der Waals surface area contributed by atoms with Gasteiger partial charge in [-0.15, -0.1) is 0 Å². The second-order valence-electron chi connectivity index (χ2n) is 7.45. The first-order valence-electron chi connectivity index (χ1n) is 8.21. The van der Waals surface area contributed by atoms with Gasteiger partial charge in [0.1, 0.15) is 6.10 Å². The van der Waals surface area contributed by atoms with Gasteiger partial charge in [-0.1, -0.05) is 39.0 Å². The van der Waals surface area contributed by atoms with E-state index < -0.39 is 0 Å². The summed E-state index contributed by atoms with van der Waals surface area (Å²) in [5.74, 6) is 0.855. The van der Waals surface area contributed by atoms with Crippen LogP contribution in [0.5, 0.6) is 5.88 Å². The van der Waals surface area contributed by atoms with Gasteiger partial charge in [-0.25, -0.2) is 4.98 Å². The third kappa shape index (κ3) is 4.01. The van der Waals surface area contributed by atoms with Gasteiger partial charge < -0.3 is 9.64 Å². The normalized spacial score (nSPS) is 18.4. The van der Waals surface area contributed by atoms with Crippen LogP contribution >= 0.6 is 0 Å². The van der Waals surface area contributed by atoms with E-state index in [9.17, 15) is 4.79 Å². The molecule has 1 aliphatic rings. The molecule has 23 heavy (non-hydrogen) atoms. The van der Waals surface area contributed by atoms with E-state index in [-0.39, 0.29) is 17.4 Å². The zero-order valence-corrected chi connectivity index (χ0v) is 14.1. The minimum atomic E-state index is 0.0237. The molecule has 2 heterocycles. The molecule has 4 heteroatoms. The average molecular weight is 312 g/mol. The van der Waals surface area contributed by atoms with E-state index in [1.165, 1.54) is 0 Å². The fraction of sp³-hybridized carbons (Fsp3) is 0.474. The van der Waals surface area contributed by atoms with Gasteiger partial charge >= 0.3 is 0 Å². The van der Waals surface area contributed by atoms with Gasteiger partial charge in [-0.2, -0.15) is 0 Å². The second-order valence-corrected chi connectivity index (χ2v) is 7.45. The highest BCUT2D eigenvalue weighted by Gasteiger charge is 2.29. The van der Waals surface area contributed by atoms with Crippen LogP contribution < -0.4 is 4.74 Å². The Labute approximate surface area is 137 Å². The molecule has 0 saturated carbocycles. The Morgan fingerprint density at radius 3 is 2.83 bits per heavy atom. The molecule has 122 valence electrons. The Bertz CT molecular complexity index is 706. The molecule has 3 rings (SSSR count). The number of likely N-dealkylation sites (tertiary alicyclic amines) is 1. The lowest BCUT2D eigenvalue weighted by Gasteiger charge is -2.23. The van der Waals surface area contributed by atoms with Crippen molar-refractivity contribution in [3.8, 4) is 5.88 Å². The highest BCUT2D eigenvalue weighted by molar-refractivity contribution is 5.79. The fourth-order valence-electron chi connectivity index (χ4n) is 2.90. The van der Waals surface area contributed by atoms with Crippen molar-refractivity contribution in [3.63, 3.8) is 0 Å². The molecule has 0 N–H and O–H groups in total. The van der Waals surface area contributed by atoms with Crippen molar-refractivity contribution in [2.75, 3.05) is 13.1 Å². The summed E-state index contributed by atoms with van der Waals surface area (Å²) in [5.41, 5.74) is 0.958. The molecule has 2 aromatic rings. The maximum atomic E-state index is 12.3. The number of rotatable bonds is 3. The van der Waals surface area contributed by atoms with Crippen LogP contribution in [0.15, 0.2) is 36.4 Å². The molecular weight excluding hydrogens is 288 g/mol. The SMILES string of the molecule is CC(C)(C)CC(=O)N1CCC(Oc2ccc3ccccc3n2)C1. The van der Waals surface area contributed by atoms with Crippen molar-refractivity contribution in [2.45, 2.75) is 39.7 Å². The average Bonchev–Trinajstić information content (AvgIpc) is 2.94. The number of pyridine rings is 1. The maximum absolute atomic E-state index is 12.3. The molecule has 1 aliphatic heterocycles. The molecule has 1 aromatic carbocycles. The highest BCUT2D eigenvalue weighted by atomic mass is 16.5. The van der Waals surface area contributed by atoms with Crippen LogP contribution in [-0.4, -0.2) is 35.0 Å². The number of carbonyl (C=O) groups is 1. The molecule has 4 nitrogen and oxygen atoms in total. The first-order chi connectivity index (χ1) is 10.9. The van der Waals surface area contributed by atoms with E-state index in [0.717, 1.165) is 23.9 Å². The third-order valence-electron chi connectivity index (χ3n) is 4.04. The van der Waals surface area contributed by atoms with Gasteiger partial charge in [0.05, 0.1) is 12.1 Å². The fourth-order valence-corrected chi connectivity index (χ4v) is 2.90. The van der Waals surface area contributed by atoms with Crippen LogP contribution in [0, 0.1) is 5.41 Å². The number of benzene rings is 1. The van der Waals surface area contributed by atoms with E-state index in [1.54, 1.807) is 0 Å². The quantitative estimate of drug-likeness (QED) is 0.869. The number of ether oxygens (including phenoxy) is 1.